The lowest BCUT2D eigenvalue weighted by molar-refractivity contribution is -0.128. The first-order valence-corrected chi connectivity index (χ1v) is 10.2. The van der Waals surface area contributed by atoms with Crippen LogP contribution >= 0.6 is 0 Å². The summed E-state index contributed by atoms with van der Waals surface area (Å²) in [5, 5.41) is 6.71. The van der Waals surface area contributed by atoms with E-state index in [4.69, 9.17) is 9.73 Å². The molecular formula is C23H30N4O2. The van der Waals surface area contributed by atoms with Crippen molar-refractivity contribution in [2.75, 3.05) is 20.2 Å². The number of hydrogen-bond donors (Lipinski definition) is 2. The molecule has 29 heavy (non-hydrogen) atoms. The highest BCUT2D eigenvalue weighted by atomic mass is 16.5. The van der Waals surface area contributed by atoms with Crippen LogP contribution in [0, 0.1) is 0 Å². The van der Waals surface area contributed by atoms with E-state index in [2.05, 4.69) is 22.8 Å². The Morgan fingerprint density at radius 3 is 2.48 bits per heavy atom. The Hall–Kier alpha value is -3.02. The van der Waals surface area contributed by atoms with Crippen LogP contribution in [0.3, 0.4) is 0 Å². The molecule has 2 aromatic carbocycles. The Morgan fingerprint density at radius 1 is 1.07 bits per heavy atom. The molecule has 0 unspecified atom stereocenters. The SMILES string of the molecule is CCNC(=NCc1ccccc1OC)NCc1ccccc1CN1CCCC1=O. The summed E-state index contributed by atoms with van der Waals surface area (Å²) in [6.45, 7) is 5.53. The lowest BCUT2D eigenvalue weighted by Gasteiger charge is -2.19. The second-order valence-electron chi connectivity index (χ2n) is 7.05. The number of para-hydroxylation sites is 1. The number of aliphatic imine (C=N–C) groups is 1. The Morgan fingerprint density at radius 2 is 1.79 bits per heavy atom. The van der Waals surface area contributed by atoms with Crippen molar-refractivity contribution in [1.82, 2.24) is 15.5 Å². The molecule has 1 aliphatic rings. The quantitative estimate of drug-likeness (QED) is 0.533. The topological polar surface area (TPSA) is 66.0 Å². The van der Waals surface area contributed by atoms with E-state index in [-0.39, 0.29) is 5.91 Å². The summed E-state index contributed by atoms with van der Waals surface area (Å²) in [6.07, 6.45) is 1.63. The fourth-order valence-corrected chi connectivity index (χ4v) is 3.48. The van der Waals surface area contributed by atoms with E-state index < -0.39 is 0 Å². The Balaban J connectivity index is 1.66. The van der Waals surface area contributed by atoms with Crippen LogP contribution < -0.4 is 15.4 Å². The molecule has 1 fully saturated rings. The van der Waals surface area contributed by atoms with Crippen LogP contribution in [-0.2, 0) is 24.4 Å². The third-order valence-corrected chi connectivity index (χ3v) is 5.04. The van der Waals surface area contributed by atoms with Crippen molar-refractivity contribution in [3.63, 3.8) is 0 Å². The molecule has 0 aliphatic carbocycles. The van der Waals surface area contributed by atoms with Crippen LogP contribution in [0.1, 0.15) is 36.5 Å². The van der Waals surface area contributed by atoms with Crippen LogP contribution in [0.2, 0.25) is 0 Å². The van der Waals surface area contributed by atoms with Gasteiger partial charge in [0.2, 0.25) is 5.91 Å². The Bertz CT molecular complexity index is 850. The number of nitrogens with one attached hydrogen (secondary N) is 2. The molecule has 3 rings (SSSR count). The van der Waals surface area contributed by atoms with Crippen molar-refractivity contribution in [3.05, 3.63) is 65.2 Å². The van der Waals surface area contributed by atoms with Crippen LogP contribution in [0.25, 0.3) is 0 Å². The van der Waals surface area contributed by atoms with Gasteiger partial charge >= 0.3 is 0 Å². The summed E-state index contributed by atoms with van der Waals surface area (Å²) in [4.78, 5) is 18.6. The Kier molecular flexibility index (Phi) is 7.50. The van der Waals surface area contributed by atoms with Gasteiger partial charge in [0.1, 0.15) is 5.75 Å². The zero-order valence-electron chi connectivity index (χ0n) is 17.3. The predicted molar refractivity (Wildman–Crippen MR) is 116 cm³/mol. The first-order chi connectivity index (χ1) is 14.2. The summed E-state index contributed by atoms with van der Waals surface area (Å²) < 4.78 is 5.41. The number of nitrogens with zero attached hydrogens (tertiary/aromatic N) is 2. The highest BCUT2D eigenvalue weighted by Gasteiger charge is 2.20. The number of guanidine groups is 1. The van der Waals surface area contributed by atoms with Crippen LogP contribution in [0.15, 0.2) is 53.5 Å². The predicted octanol–water partition coefficient (Wildman–Crippen LogP) is 3.07. The summed E-state index contributed by atoms with van der Waals surface area (Å²) in [6, 6.07) is 16.2. The highest BCUT2D eigenvalue weighted by Crippen LogP contribution is 2.19. The molecule has 2 N–H and O–H groups in total. The lowest BCUT2D eigenvalue weighted by Crippen LogP contribution is -2.37. The lowest BCUT2D eigenvalue weighted by atomic mass is 10.1. The summed E-state index contributed by atoms with van der Waals surface area (Å²) in [5.74, 6) is 1.85. The molecule has 1 heterocycles. The number of likely N-dealkylation sites (tertiary alicyclic amines) is 1. The van der Waals surface area contributed by atoms with Crippen molar-refractivity contribution in [3.8, 4) is 5.75 Å². The van der Waals surface area contributed by atoms with Gasteiger partial charge < -0.3 is 20.3 Å². The summed E-state index contributed by atoms with van der Waals surface area (Å²) >= 11 is 0. The van der Waals surface area contributed by atoms with Gasteiger partial charge in [0.25, 0.3) is 0 Å². The standard InChI is InChI=1S/C23H30N4O2/c1-3-24-23(26-16-19-10-6-7-12-21(19)29-2)25-15-18-9-4-5-11-20(18)17-27-14-8-13-22(27)28/h4-7,9-12H,3,8,13-17H2,1-2H3,(H2,24,25,26). The van der Waals surface area contributed by atoms with Gasteiger partial charge in [-0.15, -0.1) is 0 Å². The van der Waals surface area contributed by atoms with E-state index in [0.29, 0.717) is 26.1 Å². The van der Waals surface area contributed by atoms with Crippen molar-refractivity contribution in [2.24, 2.45) is 4.99 Å². The molecular weight excluding hydrogens is 364 g/mol. The molecule has 6 nitrogen and oxygen atoms in total. The van der Waals surface area contributed by atoms with Crippen LogP contribution in [-0.4, -0.2) is 37.0 Å². The number of methoxy groups -OCH3 is 1. The molecule has 0 radical (unpaired) electrons. The van der Waals surface area contributed by atoms with Gasteiger partial charge in [-0.05, 0) is 30.5 Å². The second kappa shape index (κ2) is 10.5. The number of carbonyl (C=O) groups is 1. The van der Waals surface area contributed by atoms with E-state index >= 15 is 0 Å². The number of ether oxygens (including phenoxy) is 1. The molecule has 6 heteroatoms. The molecule has 0 bridgehead atoms. The van der Waals surface area contributed by atoms with Gasteiger partial charge in [0.05, 0.1) is 13.7 Å². The maximum absolute atomic E-state index is 12.0. The van der Waals surface area contributed by atoms with Gasteiger partial charge in [0.15, 0.2) is 5.96 Å². The van der Waals surface area contributed by atoms with Crippen molar-refractivity contribution < 1.29 is 9.53 Å². The maximum Gasteiger partial charge on any atom is 0.222 e. The molecule has 0 spiro atoms. The van der Waals surface area contributed by atoms with Gasteiger partial charge in [-0.1, -0.05) is 42.5 Å². The molecule has 0 saturated carbocycles. The first kappa shape index (κ1) is 20.7. The number of hydrogen-bond acceptors (Lipinski definition) is 3. The first-order valence-electron chi connectivity index (χ1n) is 10.2. The third-order valence-electron chi connectivity index (χ3n) is 5.04. The van der Waals surface area contributed by atoms with E-state index in [1.54, 1.807) is 7.11 Å². The van der Waals surface area contributed by atoms with E-state index in [9.17, 15) is 4.79 Å². The zero-order valence-corrected chi connectivity index (χ0v) is 17.3. The van der Waals surface area contributed by atoms with Gasteiger partial charge in [0, 0.05) is 38.2 Å². The average molecular weight is 395 g/mol. The molecule has 0 aromatic heterocycles. The minimum absolute atomic E-state index is 0.250. The minimum atomic E-state index is 0.250. The normalized spacial score (nSPS) is 14.2. The second-order valence-corrected chi connectivity index (χ2v) is 7.05. The molecule has 2 aromatic rings. The molecule has 154 valence electrons. The van der Waals surface area contributed by atoms with Crippen LogP contribution in [0.5, 0.6) is 5.75 Å². The molecule has 1 aliphatic heterocycles. The van der Waals surface area contributed by atoms with Crippen molar-refractivity contribution in [2.45, 2.75) is 39.4 Å². The molecule has 0 atom stereocenters. The minimum Gasteiger partial charge on any atom is -0.496 e. The third kappa shape index (κ3) is 5.73. The number of rotatable bonds is 8. The fraction of sp³-hybridized carbons (Fsp3) is 0.391. The van der Waals surface area contributed by atoms with E-state index in [0.717, 1.165) is 36.8 Å². The van der Waals surface area contributed by atoms with Crippen LogP contribution in [0.4, 0.5) is 0 Å². The molecule has 1 saturated heterocycles. The van der Waals surface area contributed by atoms with Gasteiger partial charge in [-0.3, -0.25) is 4.79 Å². The summed E-state index contributed by atoms with van der Waals surface area (Å²) in [5.41, 5.74) is 3.39. The van der Waals surface area contributed by atoms with E-state index in [1.807, 2.05) is 48.2 Å². The smallest absolute Gasteiger partial charge is 0.222 e. The summed E-state index contributed by atoms with van der Waals surface area (Å²) in [7, 11) is 1.67. The zero-order chi connectivity index (χ0) is 20.5. The van der Waals surface area contributed by atoms with Crippen molar-refractivity contribution in [1.29, 1.82) is 0 Å². The van der Waals surface area contributed by atoms with Gasteiger partial charge in [-0.25, -0.2) is 4.99 Å². The van der Waals surface area contributed by atoms with Crippen molar-refractivity contribution >= 4 is 11.9 Å². The maximum atomic E-state index is 12.0. The average Bonchev–Trinajstić information content (AvgIpc) is 3.15. The van der Waals surface area contributed by atoms with Gasteiger partial charge in [-0.2, -0.15) is 0 Å². The fourth-order valence-electron chi connectivity index (χ4n) is 3.48. The largest absolute Gasteiger partial charge is 0.496 e. The Labute approximate surface area is 173 Å². The number of benzene rings is 2. The molecule has 1 amide bonds. The number of carbonyl (C=O) groups excluding carboxylic acids is 1. The monoisotopic (exact) mass is 394 g/mol. The van der Waals surface area contributed by atoms with E-state index in [1.165, 1.54) is 11.1 Å². The number of amides is 1. The highest BCUT2D eigenvalue weighted by molar-refractivity contribution is 5.80.